The highest BCUT2D eigenvalue weighted by Gasteiger charge is 2.22. The lowest BCUT2D eigenvalue weighted by Gasteiger charge is -2.32. The van der Waals surface area contributed by atoms with Gasteiger partial charge in [0.1, 0.15) is 17.9 Å². The maximum atomic E-state index is 12.6. The molecule has 9 heteroatoms. The highest BCUT2D eigenvalue weighted by atomic mass is 35.5. The van der Waals surface area contributed by atoms with Crippen LogP contribution < -0.4 is 5.32 Å². The van der Waals surface area contributed by atoms with E-state index in [-0.39, 0.29) is 18.4 Å². The van der Waals surface area contributed by atoms with Gasteiger partial charge >= 0.3 is 0 Å². The molecule has 0 aromatic carbocycles. The Morgan fingerprint density at radius 2 is 1.93 bits per heavy atom. The summed E-state index contributed by atoms with van der Waals surface area (Å²) in [4.78, 5) is 32.4. The van der Waals surface area contributed by atoms with Crippen LogP contribution in [-0.2, 0) is 11.3 Å². The molecule has 0 bridgehead atoms. The van der Waals surface area contributed by atoms with Crippen molar-refractivity contribution in [3.05, 3.63) is 34.7 Å². The molecule has 0 radical (unpaired) electrons. The predicted octanol–water partition coefficient (Wildman–Crippen LogP) is 1.04. The number of nitrogens with zero attached hydrogens (tertiary/aromatic N) is 5. The van der Waals surface area contributed by atoms with Crippen LogP contribution in [0.2, 0.25) is 5.02 Å². The number of likely N-dealkylation sites (N-methyl/N-ethyl adjacent to an activating group) is 1. The van der Waals surface area contributed by atoms with E-state index in [9.17, 15) is 9.59 Å². The van der Waals surface area contributed by atoms with Crippen LogP contribution in [0.3, 0.4) is 0 Å². The molecule has 1 saturated heterocycles. The van der Waals surface area contributed by atoms with Gasteiger partial charge in [0.15, 0.2) is 0 Å². The Morgan fingerprint density at radius 1 is 1.22 bits per heavy atom. The SMILES string of the molecule is CNC(=O)c1ccc(-c2nn(CC(=O)N3CCN(C)CC3)c(C)c2Cl)cn1. The second-order valence-corrected chi connectivity index (χ2v) is 6.98. The van der Waals surface area contributed by atoms with Gasteiger partial charge in [0.05, 0.1) is 10.7 Å². The molecule has 0 aliphatic carbocycles. The first kappa shape index (κ1) is 19.3. The van der Waals surface area contributed by atoms with Gasteiger partial charge in [0, 0.05) is 45.0 Å². The van der Waals surface area contributed by atoms with Crippen LogP contribution in [0.1, 0.15) is 16.2 Å². The Hall–Kier alpha value is -2.45. The number of rotatable bonds is 4. The Morgan fingerprint density at radius 3 is 2.52 bits per heavy atom. The Labute approximate surface area is 163 Å². The van der Waals surface area contributed by atoms with Crippen LogP contribution in [0.25, 0.3) is 11.3 Å². The molecule has 1 fully saturated rings. The predicted molar refractivity (Wildman–Crippen MR) is 103 cm³/mol. The second kappa shape index (κ2) is 8.06. The van der Waals surface area contributed by atoms with Crippen LogP contribution in [0, 0.1) is 6.92 Å². The molecule has 2 amide bonds. The Kier molecular flexibility index (Phi) is 5.76. The van der Waals surface area contributed by atoms with Crippen LogP contribution >= 0.6 is 11.6 Å². The summed E-state index contributed by atoms with van der Waals surface area (Å²) in [6, 6.07) is 3.37. The normalized spacial score (nSPS) is 15.0. The quantitative estimate of drug-likeness (QED) is 0.843. The summed E-state index contributed by atoms with van der Waals surface area (Å²) >= 11 is 6.44. The van der Waals surface area contributed by atoms with Gasteiger partial charge in [0.25, 0.3) is 5.91 Å². The van der Waals surface area contributed by atoms with Gasteiger partial charge in [-0.05, 0) is 26.1 Å². The smallest absolute Gasteiger partial charge is 0.269 e. The molecule has 0 spiro atoms. The molecule has 1 N–H and O–H groups in total. The number of carbonyl (C=O) groups is 2. The van der Waals surface area contributed by atoms with Crippen molar-refractivity contribution in [3.63, 3.8) is 0 Å². The highest BCUT2D eigenvalue weighted by Crippen LogP contribution is 2.29. The van der Waals surface area contributed by atoms with Crippen molar-refractivity contribution in [1.29, 1.82) is 0 Å². The number of halogens is 1. The fourth-order valence-corrected chi connectivity index (χ4v) is 3.19. The molecule has 27 heavy (non-hydrogen) atoms. The summed E-state index contributed by atoms with van der Waals surface area (Å²) < 4.78 is 1.63. The van der Waals surface area contributed by atoms with Gasteiger partial charge < -0.3 is 15.1 Å². The maximum Gasteiger partial charge on any atom is 0.269 e. The molecule has 1 aliphatic heterocycles. The molecule has 3 rings (SSSR count). The molecule has 8 nitrogen and oxygen atoms in total. The number of pyridine rings is 1. The molecule has 0 unspecified atom stereocenters. The number of carbonyl (C=O) groups excluding carboxylic acids is 2. The van der Waals surface area contributed by atoms with Crippen LogP contribution in [0.15, 0.2) is 18.3 Å². The number of piperazine rings is 1. The van der Waals surface area contributed by atoms with Crippen molar-refractivity contribution in [2.75, 3.05) is 40.3 Å². The van der Waals surface area contributed by atoms with Crippen molar-refractivity contribution < 1.29 is 9.59 Å². The van der Waals surface area contributed by atoms with Gasteiger partial charge in [-0.3, -0.25) is 19.3 Å². The first-order valence-electron chi connectivity index (χ1n) is 8.78. The molecule has 2 aromatic rings. The summed E-state index contributed by atoms with van der Waals surface area (Å²) in [6.07, 6.45) is 1.56. The molecule has 0 atom stereocenters. The third-order valence-corrected chi connectivity index (χ3v) is 5.22. The van der Waals surface area contributed by atoms with E-state index < -0.39 is 0 Å². The lowest BCUT2D eigenvalue weighted by atomic mass is 10.2. The molecular formula is C18H23ClN6O2. The van der Waals surface area contributed by atoms with Crippen molar-refractivity contribution >= 4 is 23.4 Å². The Bertz CT molecular complexity index is 840. The zero-order valence-electron chi connectivity index (χ0n) is 15.7. The molecular weight excluding hydrogens is 368 g/mol. The fraction of sp³-hybridized carbons (Fsp3) is 0.444. The summed E-state index contributed by atoms with van der Waals surface area (Å²) in [5.74, 6) is -0.225. The molecule has 1 aliphatic rings. The van der Waals surface area contributed by atoms with Gasteiger partial charge in [-0.15, -0.1) is 0 Å². The number of hydrogen-bond donors (Lipinski definition) is 1. The lowest BCUT2D eigenvalue weighted by Crippen LogP contribution is -2.48. The standard InChI is InChI=1S/C18H23ClN6O2/c1-12-16(19)17(13-4-5-14(21-10-13)18(27)20-2)22-25(12)11-15(26)24-8-6-23(3)7-9-24/h4-5,10H,6-9,11H2,1-3H3,(H,20,27). The number of amides is 2. The topological polar surface area (TPSA) is 83.4 Å². The average molecular weight is 391 g/mol. The van der Waals surface area contributed by atoms with Crippen LogP contribution in [-0.4, -0.2) is 76.7 Å². The summed E-state index contributed by atoms with van der Waals surface area (Å²) in [5, 5.41) is 7.52. The minimum atomic E-state index is -0.257. The fourth-order valence-electron chi connectivity index (χ4n) is 2.94. The van der Waals surface area contributed by atoms with Crippen molar-refractivity contribution in [2.24, 2.45) is 0 Å². The zero-order valence-corrected chi connectivity index (χ0v) is 16.5. The molecule has 144 valence electrons. The first-order valence-corrected chi connectivity index (χ1v) is 9.16. The summed E-state index contributed by atoms with van der Waals surface area (Å²) in [5.41, 5.74) is 2.29. The minimum Gasteiger partial charge on any atom is -0.354 e. The molecule has 2 aromatic heterocycles. The summed E-state index contributed by atoms with van der Waals surface area (Å²) in [6.45, 7) is 5.18. The van der Waals surface area contributed by atoms with Crippen molar-refractivity contribution in [1.82, 2.24) is 29.9 Å². The monoisotopic (exact) mass is 390 g/mol. The first-order chi connectivity index (χ1) is 12.9. The molecule has 0 saturated carbocycles. The van der Waals surface area contributed by atoms with Crippen LogP contribution in [0.5, 0.6) is 0 Å². The van der Waals surface area contributed by atoms with E-state index in [0.717, 1.165) is 31.9 Å². The van der Waals surface area contributed by atoms with Gasteiger partial charge in [-0.1, -0.05) is 11.6 Å². The Balaban J connectivity index is 1.77. The summed E-state index contributed by atoms with van der Waals surface area (Å²) in [7, 11) is 3.60. The van der Waals surface area contributed by atoms with Crippen molar-refractivity contribution in [3.8, 4) is 11.3 Å². The number of hydrogen-bond acceptors (Lipinski definition) is 5. The largest absolute Gasteiger partial charge is 0.354 e. The lowest BCUT2D eigenvalue weighted by molar-refractivity contribution is -0.133. The number of aromatic nitrogens is 3. The highest BCUT2D eigenvalue weighted by molar-refractivity contribution is 6.33. The van der Waals surface area contributed by atoms with Crippen LogP contribution in [0.4, 0.5) is 0 Å². The van der Waals surface area contributed by atoms with E-state index in [1.54, 1.807) is 30.1 Å². The van der Waals surface area contributed by atoms with Gasteiger partial charge in [-0.2, -0.15) is 5.10 Å². The van der Waals surface area contributed by atoms with E-state index in [0.29, 0.717) is 22.0 Å². The van der Waals surface area contributed by atoms with Crippen molar-refractivity contribution in [2.45, 2.75) is 13.5 Å². The third kappa shape index (κ3) is 4.12. The van der Waals surface area contributed by atoms with E-state index in [1.165, 1.54) is 0 Å². The average Bonchev–Trinajstić information content (AvgIpc) is 2.96. The third-order valence-electron chi connectivity index (χ3n) is 4.77. The number of nitrogens with one attached hydrogen (secondary N) is 1. The van der Waals surface area contributed by atoms with E-state index >= 15 is 0 Å². The minimum absolute atomic E-state index is 0.0324. The van der Waals surface area contributed by atoms with Gasteiger partial charge in [-0.25, -0.2) is 0 Å². The second-order valence-electron chi connectivity index (χ2n) is 6.60. The van der Waals surface area contributed by atoms with Gasteiger partial charge in [0.2, 0.25) is 5.91 Å². The zero-order chi connectivity index (χ0) is 19.6. The molecule has 3 heterocycles. The maximum absolute atomic E-state index is 12.6. The van der Waals surface area contributed by atoms with E-state index in [1.807, 2.05) is 11.8 Å². The van der Waals surface area contributed by atoms with E-state index in [4.69, 9.17) is 11.6 Å². The van der Waals surface area contributed by atoms with E-state index in [2.05, 4.69) is 27.3 Å².